The molecule has 0 atom stereocenters. The molecule has 0 radical (unpaired) electrons. The molecule has 0 heterocycles. The molecule has 0 spiro atoms. The van der Waals surface area contributed by atoms with Crippen molar-refractivity contribution in [2.75, 3.05) is 5.73 Å². The van der Waals surface area contributed by atoms with Gasteiger partial charge in [0, 0.05) is 10.0 Å². The Kier molecular flexibility index (Phi) is 2.29. The maximum absolute atomic E-state index is 10.4. The van der Waals surface area contributed by atoms with Crippen LogP contribution in [-0.4, -0.2) is 6.29 Å². The molecule has 0 aliphatic heterocycles. The lowest BCUT2D eigenvalue weighted by molar-refractivity contribution is 0.112. The minimum absolute atomic E-state index is 0.514. The monoisotopic (exact) mass is 213 g/mol. The van der Waals surface area contributed by atoms with Gasteiger partial charge < -0.3 is 5.73 Å². The third-order valence-corrected chi connectivity index (χ3v) is 2.59. The maximum Gasteiger partial charge on any atom is 0.152 e. The van der Waals surface area contributed by atoms with Crippen LogP contribution in [0.3, 0.4) is 0 Å². The van der Waals surface area contributed by atoms with Gasteiger partial charge in [0.1, 0.15) is 0 Å². The van der Waals surface area contributed by atoms with Crippen LogP contribution in [0.25, 0.3) is 0 Å². The predicted molar refractivity (Wildman–Crippen MR) is 48.7 cm³/mol. The van der Waals surface area contributed by atoms with Crippen LogP contribution < -0.4 is 5.73 Å². The van der Waals surface area contributed by atoms with E-state index in [0.717, 1.165) is 16.3 Å². The van der Waals surface area contributed by atoms with Gasteiger partial charge in [-0.05, 0) is 34.5 Å². The van der Waals surface area contributed by atoms with Crippen LogP contribution >= 0.6 is 15.9 Å². The number of aryl methyl sites for hydroxylation is 1. The Balaban J connectivity index is 3.36. The fourth-order valence-corrected chi connectivity index (χ4v) is 1.18. The number of aldehydes is 1. The van der Waals surface area contributed by atoms with Crippen LogP contribution in [0.1, 0.15) is 15.9 Å². The number of anilines is 1. The highest BCUT2D eigenvalue weighted by molar-refractivity contribution is 9.10. The highest BCUT2D eigenvalue weighted by atomic mass is 79.9. The van der Waals surface area contributed by atoms with Crippen molar-refractivity contribution >= 4 is 27.9 Å². The molecule has 0 aromatic heterocycles. The normalized spacial score (nSPS) is 9.64. The molecule has 0 aliphatic rings. The highest BCUT2D eigenvalue weighted by Crippen LogP contribution is 2.25. The van der Waals surface area contributed by atoms with Crippen molar-refractivity contribution in [3.05, 3.63) is 27.7 Å². The zero-order valence-corrected chi connectivity index (χ0v) is 7.68. The zero-order valence-electron chi connectivity index (χ0n) is 6.10. The molecule has 0 saturated carbocycles. The van der Waals surface area contributed by atoms with Crippen LogP contribution in [0.2, 0.25) is 0 Å². The van der Waals surface area contributed by atoms with Crippen LogP contribution in [0.15, 0.2) is 16.6 Å². The highest BCUT2D eigenvalue weighted by Gasteiger charge is 2.03. The molecule has 2 N–H and O–H groups in total. The van der Waals surface area contributed by atoms with Crippen molar-refractivity contribution in [2.45, 2.75) is 6.92 Å². The lowest BCUT2D eigenvalue weighted by atomic mass is 10.1. The van der Waals surface area contributed by atoms with E-state index < -0.39 is 0 Å². The minimum Gasteiger partial charge on any atom is -0.397 e. The van der Waals surface area contributed by atoms with Crippen LogP contribution in [0, 0.1) is 6.92 Å². The van der Waals surface area contributed by atoms with Gasteiger partial charge in [0.25, 0.3) is 0 Å². The summed E-state index contributed by atoms with van der Waals surface area (Å²) in [6, 6.07) is 3.56. The van der Waals surface area contributed by atoms with Crippen molar-refractivity contribution in [2.24, 2.45) is 0 Å². The molecule has 0 bridgehead atoms. The summed E-state index contributed by atoms with van der Waals surface area (Å²) in [5, 5.41) is 0. The SMILES string of the molecule is Cc1ccc(C=O)c(N)c1Br. The standard InChI is InChI=1S/C8H8BrNO/c1-5-2-3-6(4-11)8(10)7(5)9/h2-4H,10H2,1H3. The van der Waals surface area contributed by atoms with E-state index in [-0.39, 0.29) is 0 Å². The third-order valence-electron chi connectivity index (χ3n) is 1.53. The Morgan fingerprint density at radius 2 is 2.18 bits per heavy atom. The first kappa shape index (κ1) is 8.27. The molecule has 3 heteroatoms. The molecule has 1 aromatic carbocycles. The van der Waals surface area contributed by atoms with E-state index >= 15 is 0 Å². The molecule has 0 unspecified atom stereocenters. The summed E-state index contributed by atoms with van der Waals surface area (Å²) in [4.78, 5) is 10.4. The molecule has 1 aromatic rings. The maximum atomic E-state index is 10.4. The number of carbonyl (C=O) groups excluding carboxylic acids is 1. The smallest absolute Gasteiger partial charge is 0.152 e. The van der Waals surface area contributed by atoms with Gasteiger partial charge >= 0.3 is 0 Å². The lowest BCUT2D eigenvalue weighted by Gasteiger charge is -2.03. The Morgan fingerprint density at radius 3 is 2.73 bits per heavy atom. The van der Waals surface area contributed by atoms with Crippen LogP contribution in [-0.2, 0) is 0 Å². The van der Waals surface area contributed by atoms with Crippen molar-refractivity contribution < 1.29 is 4.79 Å². The fraction of sp³-hybridized carbons (Fsp3) is 0.125. The fourth-order valence-electron chi connectivity index (χ4n) is 0.820. The first-order valence-corrected chi connectivity index (χ1v) is 3.96. The van der Waals surface area contributed by atoms with Gasteiger partial charge in [-0.3, -0.25) is 4.79 Å². The Hall–Kier alpha value is -0.830. The molecule has 11 heavy (non-hydrogen) atoms. The average molecular weight is 214 g/mol. The van der Waals surface area contributed by atoms with Crippen molar-refractivity contribution in [1.29, 1.82) is 0 Å². The molecule has 0 aliphatic carbocycles. The van der Waals surface area contributed by atoms with E-state index in [2.05, 4.69) is 15.9 Å². The number of hydrogen-bond donors (Lipinski definition) is 1. The topological polar surface area (TPSA) is 43.1 Å². The minimum atomic E-state index is 0.514. The summed E-state index contributed by atoms with van der Waals surface area (Å²) in [6.07, 6.45) is 0.750. The summed E-state index contributed by atoms with van der Waals surface area (Å²) in [7, 11) is 0. The summed E-state index contributed by atoms with van der Waals surface area (Å²) in [5.41, 5.74) is 7.70. The summed E-state index contributed by atoms with van der Waals surface area (Å²) < 4.78 is 0.808. The second kappa shape index (κ2) is 3.05. The Labute approximate surface area is 73.5 Å². The number of nitrogens with two attached hydrogens (primary N) is 1. The van der Waals surface area contributed by atoms with E-state index in [9.17, 15) is 4.79 Å². The molecule has 0 fully saturated rings. The van der Waals surface area contributed by atoms with Crippen LogP contribution in [0.5, 0.6) is 0 Å². The largest absolute Gasteiger partial charge is 0.397 e. The first-order valence-electron chi connectivity index (χ1n) is 3.16. The van der Waals surface area contributed by atoms with E-state index in [0.29, 0.717) is 11.3 Å². The molecule has 1 rings (SSSR count). The summed E-state index contributed by atoms with van der Waals surface area (Å²) in [6.45, 7) is 1.93. The zero-order chi connectivity index (χ0) is 8.43. The molecule has 0 amide bonds. The van der Waals surface area contributed by atoms with Crippen molar-refractivity contribution in [3.63, 3.8) is 0 Å². The molecular formula is C8H8BrNO. The number of benzene rings is 1. The molecule has 58 valence electrons. The van der Waals surface area contributed by atoms with E-state index in [1.54, 1.807) is 6.07 Å². The molecular weight excluding hydrogens is 206 g/mol. The Bertz CT molecular complexity index is 296. The van der Waals surface area contributed by atoms with Gasteiger partial charge in [-0.2, -0.15) is 0 Å². The van der Waals surface area contributed by atoms with E-state index in [4.69, 9.17) is 5.73 Å². The van der Waals surface area contributed by atoms with E-state index in [1.807, 2.05) is 13.0 Å². The van der Waals surface area contributed by atoms with Gasteiger partial charge in [0.2, 0.25) is 0 Å². The number of hydrogen-bond acceptors (Lipinski definition) is 2. The lowest BCUT2D eigenvalue weighted by Crippen LogP contribution is -1.95. The van der Waals surface area contributed by atoms with Crippen LogP contribution in [0.4, 0.5) is 5.69 Å². The predicted octanol–water partition coefficient (Wildman–Crippen LogP) is 2.15. The number of rotatable bonds is 1. The third kappa shape index (κ3) is 1.43. The van der Waals surface area contributed by atoms with Gasteiger partial charge in [-0.1, -0.05) is 6.07 Å². The molecule has 2 nitrogen and oxygen atoms in total. The van der Waals surface area contributed by atoms with E-state index in [1.165, 1.54) is 0 Å². The summed E-state index contributed by atoms with van der Waals surface area (Å²) >= 11 is 3.29. The van der Waals surface area contributed by atoms with Crippen molar-refractivity contribution in [3.8, 4) is 0 Å². The number of nitrogen functional groups attached to an aromatic ring is 1. The number of halogens is 1. The number of carbonyl (C=O) groups is 1. The van der Waals surface area contributed by atoms with Crippen molar-refractivity contribution in [1.82, 2.24) is 0 Å². The average Bonchev–Trinajstić information content (AvgIpc) is 2.01. The quantitative estimate of drug-likeness (QED) is 0.574. The van der Waals surface area contributed by atoms with Gasteiger partial charge in [0.15, 0.2) is 6.29 Å². The second-order valence-electron chi connectivity index (χ2n) is 2.32. The molecule has 0 saturated heterocycles. The van der Waals surface area contributed by atoms with Gasteiger partial charge in [0.05, 0.1) is 5.69 Å². The summed E-state index contributed by atoms with van der Waals surface area (Å²) in [5.74, 6) is 0. The van der Waals surface area contributed by atoms with Gasteiger partial charge in [-0.25, -0.2) is 0 Å². The Morgan fingerprint density at radius 1 is 1.55 bits per heavy atom. The van der Waals surface area contributed by atoms with Gasteiger partial charge in [-0.15, -0.1) is 0 Å². The first-order chi connectivity index (χ1) is 5.16. The second-order valence-corrected chi connectivity index (χ2v) is 3.11.